The van der Waals surface area contributed by atoms with Crippen molar-refractivity contribution in [3.8, 4) is 17.2 Å². The molecule has 29 heavy (non-hydrogen) atoms. The first-order valence-corrected chi connectivity index (χ1v) is 9.50. The second-order valence-corrected chi connectivity index (χ2v) is 6.33. The molecule has 0 unspecified atom stereocenters. The van der Waals surface area contributed by atoms with Gasteiger partial charge in [-0.05, 0) is 50.2 Å². The van der Waals surface area contributed by atoms with Crippen LogP contribution in [0.1, 0.15) is 34.6 Å². The van der Waals surface area contributed by atoms with Crippen molar-refractivity contribution in [3.05, 3.63) is 47.5 Å². The molecule has 0 aliphatic carbocycles. The first-order valence-electron chi connectivity index (χ1n) is 9.50. The van der Waals surface area contributed by atoms with Crippen LogP contribution in [0.5, 0.6) is 17.2 Å². The fourth-order valence-electron chi connectivity index (χ4n) is 3.07. The number of nitrogens with zero attached hydrogens (tertiary/aromatic N) is 1. The van der Waals surface area contributed by atoms with E-state index >= 15 is 0 Å². The van der Waals surface area contributed by atoms with Crippen molar-refractivity contribution in [3.63, 3.8) is 0 Å². The molecule has 0 atom stereocenters. The second-order valence-electron chi connectivity index (χ2n) is 6.33. The zero-order chi connectivity index (χ0) is 20.8. The van der Waals surface area contributed by atoms with E-state index in [1.165, 1.54) is 13.2 Å². The Morgan fingerprint density at radius 1 is 0.966 bits per heavy atom. The molecule has 0 saturated carbocycles. The van der Waals surface area contributed by atoms with E-state index in [0.717, 1.165) is 18.8 Å². The SMILES string of the molecule is CCN(CC)c1ccc(C(=O)NNC(=O)c2cc(OC)c3c(c2)OCCO3)cc1. The van der Waals surface area contributed by atoms with Crippen LogP contribution in [0, 0.1) is 0 Å². The van der Waals surface area contributed by atoms with E-state index in [-0.39, 0.29) is 5.56 Å². The lowest BCUT2D eigenvalue weighted by Gasteiger charge is -2.21. The van der Waals surface area contributed by atoms with Gasteiger partial charge in [-0.2, -0.15) is 0 Å². The van der Waals surface area contributed by atoms with Gasteiger partial charge in [0.1, 0.15) is 13.2 Å². The Labute approximate surface area is 169 Å². The molecule has 0 saturated heterocycles. The fourth-order valence-corrected chi connectivity index (χ4v) is 3.07. The molecule has 0 bridgehead atoms. The lowest BCUT2D eigenvalue weighted by molar-refractivity contribution is 0.0846. The summed E-state index contributed by atoms with van der Waals surface area (Å²) in [4.78, 5) is 27.0. The molecule has 1 heterocycles. The van der Waals surface area contributed by atoms with Gasteiger partial charge in [-0.1, -0.05) is 0 Å². The molecular weight excluding hydrogens is 374 g/mol. The number of rotatable bonds is 6. The van der Waals surface area contributed by atoms with Crippen molar-refractivity contribution in [2.45, 2.75) is 13.8 Å². The lowest BCUT2D eigenvalue weighted by Crippen LogP contribution is -2.41. The van der Waals surface area contributed by atoms with E-state index in [2.05, 4.69) is 29.6 Å². The molecule has 1 aliphatic heterocycles. The van der Waals surface area contributed by atoms with Crippen molar-refractivity contribution in [1.82, 2.24) is 10.9 Å². The summed E-state index contributed by atoms with van der Waals surface area (Å²) in [5.41, 5.74) is 6.61. The summed E-state index contributed by atoms with van der Waals surface area (Å²) in [6.07, 6.45) is 0. The number of fused-ring (bicyclic) bond motifs is 1. The number of nitrogens with one attached hydrogen (secondary N) is 2. The van der Waals surface area contributed by atoms with Crippen LogP contribution in [0.2, 0.25) is 0 Å². The third kappa shape index (κ3) is 4.53. The molecule has 154 valence electrons. The Morgan fingerprint density at radius 3 is 2.21 bits per heavy atom. The van der Waals surface area contributed by atoms with Gasteiger partial charge in [0.2, 0.25) is 5.75 Å². The predicted octanol–water partition coefficient (Wildman–Crippen LogP) is 2.39. The maximum atomic E-state index is 12.5. The molecule has 0 spiro atoms. The number of hydrogen-bond donors (Lipinski definition) is 2. The molecule has 8 nitrogen and oxygen atoms in total. The van der Waals surface area contributed by atoms with Gasteiger partial charge in [-0.25, -0.2) is 0 Å². The molecule has 3 rings (SSSR count). The number of carbonyl (C=O) groups is 2. The average molecular weight is 399 g/mol. The Bertz CT molecular complexity index is 861. The third-order valence-electron chi connectivity index (χ3n) is 4.64. The standard InChI is InChI=1S/C21H25N3O5/c1-4-24(5-2)16-8-6-14(7-9-16)20(25)22-23-21(26)15-12-17(27-3)19-18(13-15)28-10-11-29-19/h6-9,12-13H,4-5,10-11H2,1-3H3,(H,22,25)(H,23,26). The molecule has 2 amide bonds. The highest BCUT2D eigenvalue weighted by atomic mass is 16.6. The molecule has 2 aromatic carbocycles. The summed E-state index contributed by atoms with van der Waals surface area (Å²) in [6, 6.07) is 10.3. The summed E-state index contributed by atoms with van der Waals surface area (Å²) >= 11 is 0. The van der Waals surface area contributed by atoms with E-state index < -0.39 is 11.8 Å². The molecule has 0 aromatic heterocycles. The van der Waals surface area contributed by atoms with Crippen molar-refractivity contribution in [1.29, 1.82) is 0 Å². The van der Waals surface area contributed by atoms with Crippen molar-refractivity contribution < 1.29 is 23.8 Å². The number of hydrogen-bond acceptors (Lipinski definition) is 6. The third-order valence-corrected chi connectivity index (χ3v) is 4.64. The minimum absolute atomic E-state index is 0.281. The Balaban J connectivity index is 1.65. The van der Waals surface area contributed by atoms with Gasteiger partial charge < -0.3 is 19.1 Å². The highest BCUT2D eigenvalue weighted by molar-refractivity contribution is 5.99. The zero-order valence-corrected chi connectivity index (χ0v) is 16.8. The monoisotopic (exact) mass is 399 g/mol. The summed E-state index contributed by atoms with van der Waals surface area (Å²) in [7, 11) is 1.49. The van der Waals surface area contributed by atoms with Gasteiger partial charge in [-0.3, -0.25) is 20.4 Å². The maximum Gasteiger partial charge on any atom is 0.269 e. The number of benzene rings is 2. The van der Waals surface area contributed by atoms with Crippen molar-refractivity contribution >= 4 is 17.5 Å². The minimum atomic E-state index is -0.492. The van der Waals surface area contributed by atoms with Crippen LogP contribution in [-0.2, 0) is 0 Å². The zero-order valence-electron chi connectivity index (χ0n) is 16.8. The highest BCUT2D eigenvalue weighted by Gasteiger charge is 2.21. The van der Waals surface area contributed by atoms with Gasteiger partial charge >= 0.3 is 0 Å². The summed E-state index contributed by atoms with van der Waals surface area (Å²) < 4.78 is 16.3. The molecule has 2 N–H and O–H groups in total. The maximum absolute atomic E-state index is 12.5. The average Bonchev–Trinajstić information content (AvgIpc) is 2.77. The van der Waals surface area contributed by atoms with E-state index in [1.807, 2.05) is 12.1 Å². The van der Waals surface area contributed by atoms with Crippen molar-refractivity contribution in [2.24, 2.45) is 0 Å². The molecule has 1 aliphatic rings. The molecule has 8 heteroatoms. The summed E-state index contributed by atoms with van der Waals surface area (Å²) in [5, 5.41) is 0. The second kappa shape index (κ2) is 9.18. The largest absolute Gasteiger partial charge is 0.493 e. The molecular formula is C21H25N3O5. The fraction of sp³-hybridized carbons (Fsp3) is 0.333. The van der Waals surface area contributed by atoms with Gasteiger partial charge in [-0.15, -0.1) is 0 Å². The van der Waals surface area contributed by atoms with Crippen LogP contribution in [0.3, 0.4) is 0 Å². The Morgan fingerprint density at radius 2 is 1.59 bits per heavy atom. The van der Waals surface area contributed by atoms with E-state index in [0.29, 0.717) is 36.0 Å². The first-order chi connectivity index (χ1) is 14.1. The van der Waals surface area contributed by atoms with Gasteiger partial charge in [0.15, 0.2) is 11.5 Å². The number of ether oxygens (including phenoxy) is 3. The van der Waals surface area contributed by atoms with Gasteiger partial charge in [0, 0.05) is 29.9 Å². The normalized spacial score (nSPS) is 12.1. The van der Waals surface area contributed by atoms with Gasteiger partial charge in [0.25, 0.3) is 11.8 Å². The topological polar surface area (TPSA) is 89.1 Å². The van der Waals surface area contributed by atoms with Crippen LogP contribution < -0.4 is 30.0 Å². The van der Waals surface area contributed by atoms with Crippen LogP contribution in [-0.4, -0.2) is 45.2 Å². The number of anilines is 1. The molecule has 2 aromatic rings. The molecule has 0 fully saturated rings. The number of hydrazine groups is 1. The molecule has 0 radical (unpaired) electrons. The quantitative estimate of drug-likeness (QED) is 0.725. The Kier molecular flexibility index (Phi) is 6.43. The number of carbonyl (C=O) groups excluding carboxylic acids is 2. The minimum Gasteiger partial charge on any atom is -0.493 e. The van der Waals surface area contributed by atoms with Crippen LogP contribution in [0.15, 0.2) is 36.4 Å². The van der Waals surface area contributed by atoms with E-state index in [4.69, 9.17) is 14.2 Å². The van der Waals surface area contributed by atoms with E-state index in [1.54, 1.807) is 18.2 Å². The van der Waals surface area contributed by atoms with Crippen LogP contribution in [0.4, 0.5) is 5.69 Å². The smallest absolute Gasteiger partial charge is 0.269 e. The Hall–Kier alpha value is -3.42. The number of methoxy groups -OCH3 is 1. The van der Waals surface area contributed by atoms with E-state index in [9.17, 15) is 9.59 Å². The summed E-state index contributed by atoms with van der Waals surface area (Å²) in [5.74, 6) is 0.389. The predicted molar refractivity (Wildman–Crippen MR) is 109 cm³/mol. The highest BCUT2D eigenvalue weighted by Crippen LogP contribution is 2.40. The van der Waals surface area contributed by atoms with Crippen LogP contribution in [0.25, 0.3) is 0 Å². The van der Waals surface area contributed by atoms with Gasteiger partial charge in [0.05, 0.1) is 7.11 Å². The lowest BCUT2D eigenvalue weighted by atomic mass is 10.1. The first kappa shape index (κ1) is 20.3. The number of amides is 2. The van der Waals surface area contributed by atoms with Crippen molar-refractivity contribution in [2.75, 3.05) is 38.3 Å². The van der Waals surface area contributed by atoms with Crippen LogP contribution >= 0.6 is 0 Å². The summed E-state index contributed by atoms with van der Waals surface area (Å²) in [6.45, 7) is 6.73.